The molecule has 1 amide bonds. The highest BCUT2D eigenvalue weighted by molar-refractivity contribution is 8.00. The molecule has 0 bridgehead atoms. The Morgan fingerprint density at radius 2 is 2.14 bits per heavy atom. The molecule has 1 atom stereocenters. The van der Waals surface area contributed by atoms with Gasteiger partial charge in [0.1, 0.15) is 0 Å². The zero-order valence-corrected chi connectivity index (χ0v) is 13.1. The third kappa shape index (κ3) is 3.55. The molecule has 0 saturated heterocycles. The fourth-order valence-corrected chi connectivity index (χ4v) is 2.58. The summed E-state index contributed by atoms with van der Waals surface area (Å²) in [5, 5.41) is 11.1. The van der Waals surface area contributed by atoms with E-state index in [1.54, 1.807) is 0 Å². The summed E-state index contributed by atoms with van der Waals surface area (Å²) in [6.07, 6.45) is 0.702. The predicted octanol–water partition coefficient (Wildman–Crippen LogP) is 1.98. The summed E-state index contributed by atoms with van der Waals surface area (Å²) in [5.74, 6) is 6.49. The molecule has 1 heterocycles. The first-order valence-electron chi connectivity index (χ1n) is 6.75. The van der Waals surface area contributed by atoms with Crippen molar-refractivity contribution in [3.05, 3.63) is 35.7 Å². The number of carbonyl (C=O) groups is 1. The second-order valence-corrected chi connectivity index (χ2v) is 5.99. The van der Waals surface area contributed by atoms with Gasteiger partial charge in [0.15, 0.2) is 5.82 Å². The Kier molecular flexibility index (Phi) is 4.85. The van der Waals surface area contributed by atoms with Crippen LogP contribution in [-0.2, 0) is 11.2 Å². The van der Waals surface area contributed by atoms with Crippen molar-refractivity contribution in [3.8, 4) is 0 Å². The van der Waals surface area contributed by atoms with Crippen LogP contribution >= 0.6 is 11.8 Å². The van der Waals surface area contributed by atoms with Gasteiger partial charge in [-0.3, -0.25) is 4.79 Å². The maximum atomic E-state index is 12.2. The number of hydrogen-bond donors (Lipinski definition) is 2. The van der Waals surface area contributed by atoms with Gasteiger partial charge in [-0.05, 0) is 25.5 Å². The van der Waals surface area contributed by atoms with E-state index in [2.05, 4.69) is 15.5 Å². The van der Waals surface area contributed by atoms with Gasteiger partial charge < -0.3 is 11.2 Å². The number of thioether (sulfide) groups is 1. The van der Waals surface area contributed by atoms with Gasteiger partial charge >= 0.3 is 0 Å². The number of rotatable bonds is 5. The molecule has 2 aromatic rings. The number of para-hydroxylation sites is 1. The van der Waals surface area contributed by atoms with E-state index in [-0.39, 0.29) is 11.2 Å². The van der Waals surface area contributed by atoms with Crippen LogP contribution in [0.3, 0.4) is 0 Å². The normalized spacial score (nSPS) is 12.1. The third-order valence-corrected chi connectivity index (χ3v) is 4.16. The molecule has 0 saturated carbocycles. The quantitative estimate of drug-likeness (QED) is 0.651. The minimum absolute atomic E-state index is 0.0876. The van der Waals surface area contributed by atoms with E-state index >= 15 is 0 Å². The molecule has 6 nitrogen and oxygen atoms in total. The lowest BCUT2D eigenvalue weighted by Crippen LogP contribution is -2.24. The van der Waals surface area contributed by atoms with Gasteiger partial charge in [-0.15, -0.1) is 10.2 Å². The lowest BCUT2D eigenvalue weighted by Gasteiger charge is -2.12. The molecule has 21 heavy (non-hydrogen) atoms. The van der Waals surface area contributed by atoms with Gasteiger partial charge in [0.2, 0.25) is 11.1 Å². The first-order valence-corrected chi connectivity index (χ1v) is 7.63. The third-order valence-electron chi connectivity index (χ3n) is 3.11. The number of nitrogens with one attached hydrogen (secondary N) is 1. The fraction of sp³-hybridized carbons (Fsp3) is 0.357. The number of amides is 1. The molecule has 0 aliphatic heterocycles. The summed E-state index contributed by atoms with van der Waals surface area (Å²) in [5.41, 5.74) is 1.84. The second kappa shape index (κ2) is 6.62. The summed E-state index contributed by atoms with van der Waals surface area (Å²) in [6, 6.07) is 7.67. The molecule has 0 radical (unpaired) electrons. The second-order valence-electron chi connectivity index (χ2n) is 4.69. The van der Waals surface area contributed by atoms with Gasteiger partial charge in [0, 0.05) is 12.1 Å². The van der Waals surface area contributed by atoms with Crippen LogP contribution in [0.15, 0.2) is 29.4 Å². The van der Waals surface area contributed by atoms with Crippen molar-refractivity contribution in [2.45, 2.75) is 37.6 Å². The van der Waals surface area contributed by atoms with E-state index in [1.807, 2.05) is 45.0 Å². The van der Waals surface area contributed by atoms with Crippen LogP contribution in [0.4, 0.5) is 5.69 Å². The number of benzene rings is 1. The monoisotopic (exact) mass is 305 g/mol. The van der Waals surface area contributed by atoms with Crippen LogP contribution in [0, 0.1) is 6.92 Å². The molecule has 1 aromatic heterocycles. The van der Waals surface area contributed by atoms with Gasteiger partial charge in [-0.1, -0.05) is 36.9 Å². The Labute approximate surface area is 128 Å². The van der Waals surface area contributed by atoms with E-state index < -0.39 is 0 Å². The lowest BCUT2D eigenvalue weighted by atomic mass is 10.2. The average Bonchev–Trinajstić information content (AvgIpc) is 2.82. The number of nitrogens with zero attached hydrogens (tertiary/aromatic N) is 3. The van der Waals surface area contributed by atoms with E-state index in [1.165, 1.54) is 16.4 Å². The molecule has 112 valence electrons. The highest BCUT2D eigenvalue weighted by Gasteiger charge is 2.19. The van der Waals surface area contributed by atoms with Crippen molar-refractivity contribution in [2.75, 3.05) is 11.2 Å². The van der Waals surface area contributed by atoms with Crippen LogP contribution in [0.2, 0.25) is 0 Å². The van der Waals surface area contributed by atoms with E-state index in [4.69, 9.17) is 5.84 Å². The summed E-state index contributed by atoms with van der Waals surface area (Å²) >= 11 is 1.29. The van der Waals surface area contributed by atoms with Crippen LogP contribution in [0.5, 0.6) is 0 Å². The molecule has 1 aromatic carbocycles. The van der Waals surface area contributed by atoms with Gasteiger partial charge in [0.25, 0.3) is 0 Å². The van der Waals surface area contributed by atoms with E-state index in [9.17, 15) is 4.79 Å². The average molecular weight is 305 g/mol. The summed E-state index contributed by atoms with van der Waals surface area (Å²) in [7, 11) is 0. The van der Waals surface area contributed by atoms with Crippen molar-refractivity contribution >= 4 is 23.4 Å². The molecule has 2 rings (SSSR count). The summed E-state index contributed by atoms with van der Waals surface area (Å²) in [6.45, 7) is 5.73. The summed E-state index contributed by atoms with van der Waals surface area (Å²) < 4.78 is 1.43. The van der Waals surface area contributed by atoms with Gasteiger partial charge in [-0.2, -0.15) is 0 Å². The number of nitrogens with two attached hydrogens (primary N) is 1. The fourth-order valence-electron chi connectivity index (χ4n) is 1.79. The Hall–Kier alpha value is -2.02. The Balaban J connectivity index is 2.03. The number of aryl methyl sites for hydroxylation is 2. The number of nitrogen functional groups attached to an aromatic ring is 1. The van der Waals surface area contributed by atoms with Crippen molar-refractivity contribution in [3.63, 3.8) is 0 Å². The minimum atomic E-state index is -0.319. The van der Waals surface area contributed by atoms with Crippen LogP contribution in [0.1, 0.15) is 25.2 Å². The Morgan fingerprint density at radius 3 is 2.76 bits per heavy atom. The number of hydrogen-bond acceptors (Lipinski definition) is 5. The zero-order chi connectivity index (χ0) is 15.4. The van der Waals surface area contributed by atoms with Crippen molar-refractivity contribution in [1.29, 1.82) is 0 Å². The Morgan fingerprint density at radius 1 is 1.43 bits per heavy atom. The molecule has 7 heteroatoms. The molecule has 0 aliphatic rings. The molecule has 1 unspecified atom stereocenters. The molecular formula is C14H19N5OS. The van der Waals surface area contributed by atoms with Crippen LogP contribution in [-0.4, -0.2) is 26.0 Å². The summed E-state index contributed by atoms with van der Waals surface area (Å²) in [4.78, 5) is 12.2. The molecule has 0 spiro atoms. The molecule has 3 N–H and O–H groups in total. The first kappa shape index (κ1) is 15.4. The highest BCUT2D eigenvalue weighted by atomic mass is 32.2. The first-order chi connectivity index (χ1) is 10.0. The SMILES string of the molecule is CCc1nnc(SC(C)C(=O)Nc2ccccc2C)n1N. The minimum Gasteiger partial charge on any atom is -0.336 e. The number of carbonyl (C=O) groups excluding carboxylic acids is 1. The van der Waals surface area contributed by atoms with Crippen LogP contribution in [0.25, 0.3) is 0 Å². The van der Waals surface area contributed by atoms with Crippen molar-refractivity contribution in [2.24, 2.45) is 0 Å². The largest absolute Gasteiger partial charge is 0.336 e. The van der Waals surface area contributed by atoms with Crippen molar-refractivity contribution < 1.29 is 4.79 Å². The predicted molar refractivity (Wildman–Crippen MR) is 84.7 cm³/mol. The van der Waals surface area contributed by atoms with E-state index in [0.29, 0.717) is 17.4 Å². The van der Waals surface area contributed by atoms with E-state index in [0.717, 1.165) is 11.3 Å². The molecule has 0 fully saturated rings. The number of anilines is 1. The topological polar surface area (TPSA) is 85.8 Å². The standard InChI is InChI=1S/C14H19N5OS/c1-4-12-17-18-14(19(12)15)21-10(3)13(20)16-11-8-6-5-7-9(11)2/h5-8,10H,4,15H2,1-3H3,(H,16,20). The number of aromatic nitrogens is 3. The van der Waals surface area contributed by atoms with Gasteiger partial charge in [0.05, 0.1) is 5.25 Å². The molecular weight excluding hydrogens is 286 g/mol. The lowest BCUT2D eigenvalue weighted by molar-refractivity contribution is -0.115. The highest BCUT2D eigenvalue weighted by Crippen LogP contribution is 2.22. The van der Waals surface area contributed by atoms with Crippen molar-refractivity contribution in [1.82, 2.24) is 14.9 Å². The van der Waals surface area contributed by atoms with Crippen LogP contribution < -0.4 is 11.2 Å². The Bertz CT molecular complexity index is 640. The van der Waals surface area contributed by atoms with Gasteiger partial charge in [-0.25, -0.2) is 4.68 Å². The zero-order valence-electron chi connectivity index (χ0n) is 12.3. The maximum absolute atomic E-state index is 12.2. The molecule has 0 aliphatic carbocycles. The smallest absolute Gasteiger partial charge is 0.237 e. The maximum Gasteiger partial charge on any atom is 0.237 e.